The molecule has 0 aromatic carbocycles. The molecule has 0 spiro atoms. The molecule has 1 saturated carbocycles. The van der Waals surface area contributed by atoms with Crippen LogP contribution >= 0.6 is 0 Å². The third-order valence-corrected chi connectivity index (χ3v) is 2.86. The molecule has 0 aromatic rings. The summed E-state index contributed by atoms with van der Waals surface area (Å²) in [4.78, 5) is 15.2. The maximum Gasteiger partial charge on any atom is 0.236 e. The minimum absolute atomic E-state index is 0.145. The standard InChI is InChI=1S/C10H21N3O/c1-12(2)10(14)7-13(3)9(6-11)8-4-5-8/h8-9H,4-7,11H2,1-3H3. The maximum absolute atomic E-state index is 11.5. The van der Waals surface area contributed by atoms with Gasteiger partial charge in [0, 0.05) is 26.7 Å². The Morgan fingerprint density at radius 2 is 2.00 bits per heavy atom. The molecule has 82 valence electrons. The second-order valence-electron chi connectivity index (χ2n) is 4.34. The fourth-order valence-electron chi connectivity index (χ4n) is 1.69. The topological polar surface area (TPSA) is 49.6 Å². The first kappa shape index (κ1) is 11.5. The van der Waals surface area contributed by atoms with Gasteiger partial charge in [-0.3, -0.25) is 9.69 Å². The molecule has 1 amide bonds. The zero-order valence-corrected chi connectivity index (χ0v) is 9.36. The summed E-state index contributed by atoms with van der Waals surface area (Å²) in [6, 6.07) is 0.388. The van der Waals surface area contributed by atoms with Crippen molar-refractivity contribution in [2.24, 2.45) is 11.7 Å². The second kappa shape index (κ2) is 4.75. The van der Waals surface area contributed by atoms with Crippen LogP contribution in [-0.2, 0) is 4.79 Å². The second-order valence-corrected chi connectivity index (χ2v) is 4.34. The Kier molecular flexibility index (Phi) is 3.89. The fraction of sp³-hybridized carbons (Fsp3) is 0.900. The summed E-state index contributed by atoms with van der Waals surface area (Å²) in [6.07, 6.45) is 2.53. The number of rotatable bonds is 5. The van der Waals surface area contributed by atoms with Crippen LogP contribution in [0.15, 0.2) is 0 Å². The van der Waals surface area contributed by atoms with Crippen molar-refractivity contribution in [3.8, 4) is 0 Å². The van der Waals surface area contributed by atoms with E-state index in [9.17, 15) is 4.79 Å². The van der Waals surface area contributed by atoms with Crippen LogP contribution in [0.25, 0.3) is 0 Å². The van der Waals surface area contributed by atoms with Crippen molar-refractivity contribution in [3.05, 3.63) is 0 Å². The van der Waals surface area contributed by atoms with Gasteiger partial charge in [0.25, 0.3) is 0 Å². The van der Waals surface area contributed by atoms with Gasteiger partial charge in [-0.05, 0) is 25.8 Å². The average Bonchev–Trinajstić information content (AvgIpc) is 2.89. The molecular weight excluding hydrogens is 178 g/mol. The fourth-order valence-corrected chi connectivity index (χ4v) is 1.69. The first-order chi connectivity index (χ1) is 6.56. The molecule has 4 nitrogen and oxygen atoms in total. The minimum atomic E-state index is 0.145. The number of nitrogens with two attached hydrogens (primary N) is 1. The van der Waals surface area contributed by atoms with E-state index in [1.54, 1.807) is 19.0 Å². The van der Waals surface area contributed by atoms with Crippen LogP contribution in [0.4, 0.5) is 0 Å². The van der Waals surface area contributed by atoms with Gasteiger partial charge < -0.3 is 10.6 Å². The van der Waals surface area contributed by atoms with E-state index in [-0.39, 0.29) is 5.91 Å². The van der Waals surface area contributed by atoms with Gasteiger partial charge in [-0.1, -0.05) is 0 Å². The maximum atomic E-state index is 11.5. The largest absolute Gasteiger partial charge is 0.348 e. The van der Waals surface area contributed by atoms with Gasteiger partial charge in [0.15, 0.2) is 0 Å². The molecule has 0 radical (unpaired) electrons. The Morgan fingerprint density at radius 3 is 2.36 bits per heavy atom. The van der Waals surface area contributed by atoms with Crippen LogP contribution in [-0.4, -0.2) is 56.0 Å². The molecule has 1 atom stereocenters. The molecule has 0 bridgehead atoms. The Balaban J connectivity index is 2.38. The van der Waals surface area contributed by atoms with Crippen molar-refractivity contribution in [2.45, 2.75) is 18.9 Å². The predicted octanol–water partition coefficient (Wildman–Crippen LogP) is -0.256. The normalized spacial score (nSPS) is 18.4. The van der Waals surface area contributed by atoms with E-state index in [0.717, 1.165) is 5.92 Å². The van der Waals surface area contributed by atoms with E-state index in [2.05, 4.69) is 4.90 Å². The number of amides is 1. The highest BCUT2D eigenvalue weighted by atomic mass is 16.2. The van der Waals surface area contributed by atoms with Crippen LogP contribution < -0.4 is 5.73 Å². The van der Waals surface area contributed by atoms with Crippen LogP contribution in [0, 0.1) is 5.92 Å². The van der Waals surface area contributed by atoms with Crippen molar-refractivity contribution in [1.29, 1.82) is 0 Å². The van der Waals surface area contributed by atoms with Crippen LogP contribution in [0.3, 0.4) is 0 Å². The molecule has 1 unspecified atom stereocenters. The van der Waals surface area contributed by atoms with Gasteiger partial charge in [0.2, 0.25) is 5.91 Å². The third kappa shape index (κ3) is 2.96. The highest BCUT2D eigenvalue weighted by Crippen LogP contribution is 2.34. The monoisotopic (exact) mass is 199 g/mol. The summed E-state index contributed by atoms with van der Waals surface area (Å²) in [6.45, 7) is 1.13. The summed E-state index contributed by atoms with van der Waals surface area (Å²) in [5.41, 5.74) is 5.70. The summed E-state index contributed by atoms with van der Waals surface area (Å²) < 4.78 is 0. The van der Waals surface area contributed by atoms with Gasteiger partial charge >= 0.3 is 0 Å². The molecule has 14 heavy (non-hydrogen) atoms. The number of carbonyl (C=O) groups excluding carboxylic acids is 1. The lowest BCUT2D eigenvalue weighted by Crippen LogP contribution is -2.44. The predicted molar refractivity (Wildman–Crippen MR) is 56.9 cm³/mol. The number of hydrogen-bond acceptors (Lipinski definition) is 3. The van der Waals surface area contributed by atoms with E-state index in [0.29, 0.717) is 19.1 Å². The zero-order chi connectivity index (χ0) is 10.7. The molecule has 4 heteroatoms. The molecule has 1 fully saturated rings. The molecule has 0 saturated heterocycles. The van der Waals surface area contributed by atoms with E-state index >= 15 is 0 Å². The molecule has 1 aliphatic rings. The third-order valence-electron chi connectivity index (χ3n) is 2.86. The average molecular weight is 199 g/mol. The molecule has 1 aliphatic carbocycles. The lowest BCUT2D eigenvalue weighted by molar-refractivity contribution is -0.130. The molecule has 1 rings (SSSR count). The zero-order valence-electron chi connectivity index (χ0n) is 9.36. The molecule has 2 N–H and O–H groups in total. The number of nitrogens with zero attached hydrogens (tertiary/aromatic N) is 2. The van der Waals surface area contributed by atoms with E-state index in [1.807, 2.05) is 7.05 Å². The van der Waals surface area contributed by atoms with E-state index in [1.165, 1.54) is 12.8 Å². The highest BCUT2D eigenvalue weighted by molar-refractivity contribution is 5.77. The SMILES string of the molecule is CN(C)C(=O)CN(C)C(CN)C1CC1. The minimum Gasteiger partial charge on any atom is -0.348 e. The van der Waals surface area contributed by atoms with Gasteiger partial charge in [-0.15, -0.1) is 0 Å². The van der Waals surface area contributed by atoms with E-state index < -0.39 is 0 Å². The smallest absolute Gasteiger partial charge is 0.236 e. The first-order valence-corrected chi connectivity index (χ1v) is 5.16. The number of likely N-dealkylation sites (N-methyl/N-ethyl adjacent to an activating group) is 2. The highest BCUT2D eigenvalue weighted by Gasteiger charge is 2.33. The van der Waals surface area contributed by atoms with Crippen molar-refractivity contribution in [3.63, 3.8) is 0 Å². The van der Waals surface area contributed by atoms with E-state index in [4.69, 9.17) is 5.73 Å². The van der Waals surface area contributed by atoms with Crippen molar-refractivity contribution in [1.82, 2.24) is 9.80 Å². The Labute approximate surface area is 86.0 Å². The number of hydrogen-bond donors (Lipinski definition) is 1. The molecule has 0 heterocycles. The van der Waals surface area contributed by atoms with Gasteiger partial charge in [-0.25, -0.2) is 0 Å². The van der Waals surface area contributed by atoms with Crippen LogP contribution in [0.1, 0.15) is 12.8 Å². The molecule has 0 aromatic heterocycles. The Morgan fingerprint density at radius 1 is 1.43 bits per heavy atom. The summed E-state index contributed by atoms with van der Waals surface area (Å²) >= 11 is 0. The summed E-state index contributed by atoms with van der Waals surface area (Å²) in [5, 5.41) is 0. The Hall–Kier alpha value is -0.610. The van der Waals surface area contributed by atoms with Crippen molar-refractivity contribution in [2.75, 3.05) is 34.2 Å². The first-order valence-electron chi connectivity index (χ1n) is 5.16. The molecule has 0 aliphatic heterocycles. The van der Waals surface area contributed by atoms with Crippen LogP contribution in [0.2, 0.25) is 0 Å². The van der Waals surface area contributed by atoms with Crippen molar-refractivity contribution < 1.29 is 4.79 Å². The van der Waals surface area contributed by atoms with Gasteiger partial charge in [0.05, 0.1) is 6.54 Å². The number of carbonyl (C=O) groups is 1. The lowest BCUT2D eigenvalue weighted by Gasteiger charge is -2.27. The van der Waals surface area contributed by atoms with Gasteiger partial charge in [0.1, 0.15) is 0 Å². The van der Waals surface area contributed by atoms with Crippen LogP contribution in [0.5, 0.6) is 0 Å². The van der Waals surface area contributed by atoms with Gasteiger partial charge in [-0.2, -0.15) is 0 Å². The quantitative estimate of drug-likeness (QED) is 0.664. The van der Waals surface area contributed by atoms with Crippen molar-refractivity contribution >= 4 is 5.91 Å². The summed E-state index contributed by atoms with van der Waals surface area (Å²) in [7, 11) is 5.55. The Bertz CT molecular complexity index is 202. The molecular formula is C10H21N3O. The lowest BCUT2D eigenvalue weighted by atomic mass is 10.1. The summed E-state index contributed by atoms with van der Waals surface area (Å²) in [5.74, 6) is 0.867.